The van der Waals surface area contributed by atoms with Crippen LogP contribution in [0.15, 0.2) is 152 Å². The number of rotatable bonds is 5. The van der Waals surface area contributed by atoms with Gasteiger partial charge in [-0.15, -0.1) is 0 Å². The Hall–Kier alpha value is -7.85. The maximum absolute atomic E-state index is 15.2. The summed E-state index contributed by atoms with van der Waals surface area (Å²) in [6.45, 7) is 0. The predicted octanol–water partition coefficient (Wildman–Crippen LogP) is 12.4. The van der Waals surface area contributed by atoms with Crippen LogP contribution in [0.5, 0.6) is 0 Å². The van der Waals surface area contributed by atoms with Crippen molar-refractivity contribution in [1.29, 1.82) is 5.26 Å². The average Bonchev–Trinajstić information content (AvgIpc) is 3.77. The van der Waals surface area contributed by atoms with Gasteiger partial charge in [-0.05, 0) is 60.7 Å². The van der Waals surface area contributed by atoms with E-state index in [-0.39, 0.29) is 16.9 Å². The monoisotopic (exact) mass is 801 g/mol. The third kappa shape index (κ3) is 5.83. The summed E-state index contributed by atoms with van der Waals surface area (Å²) in [5, 5.41) is 13.8. The minimum absolute atomic E-state index is 0.00991. The summed E-state index contributed by atoms with van der Waals surface area (Å²) in [6.07, 6.45) is -4.12. The van der Waals surface area contributed by atoms with Crippen LogP contribution in [0.2, 0.25) is 0 Å². The van der Waals surface area contributed by atoms with E-state index in [1.54, 1.807) is 94.6 Å². The Labute approximate surface area is 336 Å². The van der Waals surface area contributed by atoms with Crippen LogP contribution in [0, 0.1) is 11.3 Å². The number of hydrogen-bond acceptors (Lipinski definition) is 5. The molecular formula is C47H25F6N7. The first kappa shape index (κ1) is 36.5. The zero-order chi connectivity index (χ0) is 41.3. The van der Waals surface area contributed by atoms with Gasteiger partial charge in [0.05, 0.1) is 50.1 Å². The number of para-hydroxylation sites is 2. The molecule has 0 saturated carbocycles. The van der Waals surface area contributed by atoms with Crippen molar-refractivity contribution in [1.82, 2.24) is 29.1 Å². The van der Waals surface area contributed by atoms with Crippen molar-refractivity contribution in [2.24, 2.45) is 0 Å². The van der Waals surface area contributed by atoms with E-state index in [9.17, 15) is 5.26 Å². The Bertz CT molecular complexity index is 3330. The van der Waals surface area contributed by atoms with Gasteiger partial charge in [0.2, 0.25) is 0 Å². The lowest BCUT2D eigenvalue weighted by molar-refractivity contribution is -0.142. The van der Waals surface area contributed by atoms with Crippen molar-refractivity contribution < 1.29 is 26.3 Å². The molecule has 0 saturated heterocycles. The molecular weight excluding hydrogens is 777 g/mol. The molecule has 0 radical (unpaired) electrons. The normalized spacial score (nSPS) is 12.2. The molecule has 0 bridgehead atoms. The molecule has 0 N–H and O–H groups in total. The van der Waals surface area contributed by atoms with Gasteiger partial charge in [-0.25, -0.2) is 19.9 Å². The van der Waals surface area contributed by atoms with E-state index < -0.39 is 34.6 Å². The molecule has 4 aromatic heterocycles. The lowest BCUT2D eigenvalue weighted by Crippen LogP contribution is -2.15. The fourth-order valence-electron chi connectivity index (χ4n) is 8.19. The van der Waals surface area contributed by atoms with Gasteiger partial charge in [-0.2, -0.15) is 31.6 Å². The molecule has 60 heavy (non-hydrogen) atoms. The third-order valence-electron chi connectivity index (χ3n) is 10.7. The van der Waals surface area contributed by atoms with E-state index in [4.69, 9.17) is 0 Å². The summed E-state index contributed by atoms with van der Waals surface area (Å²) in [4.78, 5) is 17.5. The summed E-state index contributed by atoms with van der Waals surface area (Å²) >= 11 is 0. The number of halogens is 6. The topological polar surface area (TPSA) is 85.2 Å². The number of aromatic nitrogens is 6. The second-order valence-corrected chi connectivity index (χ2v) is 14.0. The van der Waals surface area contributed by atoms with Crippen molar-refractivity contribution in [2.45, 2.75) is 12.4 Å². The van der Waals surface area contributed by atoms with Crippen molar-refractivity contribution in [3.63, 3.8) is 0 Å². The lowest BCUT2D eigenvalue weighted by atomic mass is 9.90. The largest absolute Gasteiger partial charge is 0.417 e. The molecule has 0 aliphatic heterocycles. The SMILES string of the molecule is N#Cc1cc(-n2c3ccccc3c3ccc(-c4ncccn4)cc32)c(-c2c(C(F)(F)F)cccc2C(F)(F)F)cc1-n1c2ccccc2c2ccc(-c3ncccn3)cc21. The summed E-state index contributed by atoms with van der Waals surface area (Å²) < 4.78 is 94.6. The number of nitriles is 1. The smallest absolute Gasteiger partial charge is 0.309 e. The lowest BCUT2D eigenvalue weighted by Gasteiger charge is -2.24. The molecule has 7 nitrogen and oxygen atoms in total. The van der Waals surface area contributed by atoms with Crippen molar-refractivity contribution >= 4 is 43.6 Å². The zero-order valence-electron chi connectivity index (χ0n) is 30.8. The maximum Gasteiger partial charge on any atom is 0.417 e. The first-order chi connectivity index (χ1) is 29.0. The van der Waals surface area contributed by atoms with Crippen LogP contribution in [-0.2, 0) is 12.4 Å². The molecule has 0 amide bonds. The fourth-order valence-corrected chi connectivity index (χ4v) is 8.19. The minimum atomic E-state index is -5.21. The van der Waals surface area contributed by atoms with Crippen LogP contribution in [0.1, 0.15) is 16.7 Å². The Morgan fingerprint density at radius 2 is 0.900 bits per heavy atom. The maximum atomic E-state index is 15.2. The van der Waals surface area contributed by atoms with Gasteiger partial charge in [0.1, 0.15) is 6.07 Å². The van der Waals surface area contributed by atoms with Crippen LogP contribution in [0.25, 0.3) is 88.9 Å². The highest BCUT2D eigenvalue weighted by molar-refractivity contribution is 6.12. The van der Waals surface area contributed by atoms with Gasteiger partial charge in [-0.3, -0.25) is 0 Å². The molecule has 0 atom stereocenters. The average molecular weight is 802 g/mol. The highest BCUT2D eigenvalue weighted by atomic mass is 19.4. The molecule has 10 rings (SSSR count). The minimum Gasteiger partial charge on any atom is -0.309 e. The Morgan fingerprint density at radius 1 is 0.450 bits per heavy atom. The zero-order valence-corrected chi connectivity index (χ0v) is 30.8. The number of hydrogen-bond donors (Lipinski definition) is 0. The Balaban J connectivity index is 1.38. The first-order valence-electron chi connectivity index (χ1n) is 18.5. The summed E-state index contributed by atoms with van der Waals surface area (Å²) in [5.41, 5.74) is -1.28. The quantitative estimate of drug-likeness (QED) is 0.162. The molecule has 13 heteroatoms. The highest BCUT2D eigenvalue weighted by Gasteiger charge is 2.42. The standard InChI is InChI=1S/C47H25F6N7/c48-46(49,50)35-10-5-11-36(47(51,52)53)43(35)34-25-39(59-37-12-3-1-8-30(37)32-16-14-27(22-40(32)59)44-55-18-6-19-56-44)29(26-54)24-42(34)60-38-13-4-2-9-31(38)33-17-15-28(23-41(33)60)45-57-20-7-21-58-45/h1-25H. The van der Waals surface area contributed by atoms with E-state index in [1.165, 1.54) is 12.1 Å². The van der Waals surface area contributed by atoms with E-state index in [0.717, 1.165) is 16.8 Å². The molecule has 290 valence electrons. The van der Waals surface area contributed by atoms with Gasteiger partial charge in [0.25, 0.3) is 0 Å². The number of nitrogens with zero attached hydrogens (tertiary/aromatic N) is 7. The van der Waals surface area contributed by atoms with Crippen LogP contribution in [-0.4, -0.2) is 29.1 Å². The van der Waals surface area contributed by atoms with Gasteiger partial charge in [0, 0.05) is 68.6 Å². The molecule has 0 aliphatic carbocycles. The van der Waals surface area contributed by atoms with Crippen molar-refractivity contribution in [2.75, 3.05) is 0 Å². The van der Waals surface area contributed by atoms with Crippen LogP contribution in [0.3, 0.4) is 0 Å². The molecule has 0 unspecified atom stereocenters. The summed E-state index contributed by atoms with van der Waals surface area (Å²) in [5.74, 6) is 0.756. The third-order valence-corrected chi connectivity index (χ3v) is 10.7. The number of alkyl halides is 6. The molecule has 0 fully saturated rings. The van der Waals surface area contributed by atoms with Crippen LogP contribution >= 0.6 is 0 Å². The highest BCUT2D eigenvalue weighted by Crippen LogP contribution is 2.49. The second kappa shape index (κ2) is 13.6. The summed E-state index contributed by atoms with van der Waals surface area (Å²) in [6, 6.07) is 35.4. The van der Waals surface area contributed by atoms with Crippen LogP contribution in [0.4, 0.5) is 26.3 Å². The van der Waals surface area contributed by atoms with Crippen LogP contribution < -0.4 is 0 Å². The van der Waals surface area contributed by atoms with Gasteiger partial charge < -0.3 is 9.13 Å². The van der Waals surface area contributed by atoms with Gasteiger partial charge in [-0.1, -0.05) is 66.7 Å². The van der Waals surface area contributed by atoms with Crippen molar-refractivity contribution in [3.05, 3.63) is 169 Å². The van der Waals surface area contributed by atoms with E-state index in [0.29, 0.717) is 67.7 Å². The molecule has 4 heterocycles. The van der Waals surface area contributed by atoms with Gasteiger partial charge in [0.15, 0.2) is 11.6 Å². The molecule has 6 aromatic carbocycles. The number of fused-ring (bicyclic) bond motifs is 6. The number of benzene rings is 6. The van der Waals surface area contributed by atoms with E-state index >= 15 is 26.3 Å². The van der Waals surface area contributed by atoms with E-state index in [2.05, 4.69) is 26.0 Å². The fraction of sp³-hybridized carbons (Fsp3) is 0.0426. The first-order valence-corrected chi connectivity index (χ1v) is 18.5. The Morgan fingerprint density at radius 3 is 1.37 bits per heavy atom. The van der Waals surface area contributed by atoms with E-state index in [1.807, 2.05) is 36.4 Å². The van der Waals surface area contributed by atoms with Crippen molar-refractivity contribution in [3.8, 4) is 51.3 Å². The predicted molar refractivity (Wildman–Crippen MR) is 217 cm³/mol. The Kier molecular flexibility index (Phi) is 8.29. The molecule has 10 aromatic rings. The summed E-state index contributed by atoms with van der Waals surface area (Å²) in [7, 11) is 0. The van der Waals surface area contributed by atoms with Gasteiger partial charge >= 0.3 is 12.4 Å². The molecule has 0 aliphatic rings. The second-order valence-electron chi connectivity index (χ2n) is 14.0. The molecule has 0 spiro atoms.